The van der Waals surface area contributed by atoms with Gasteiger partial charge in [-0.15, -0.1) is 0 Å². The number of carbonyl (C=O) groups excluding carboxylic acids is 1. The largest absolute Gasteiger partial charge is 0.497 e. The highest BCUT2D eigenvalue weighted by Crippen LogP contribution is 2.24. The lowest BCUT2D eigenvalue weighted by Gasteiger charge is -2.06. The zero-order valence-corrected chi connectivity index (χ0v) is 12.9. The first-order chi connectivity index (χ1) is 10.2. The molecule has 3 rings (SSSR count). The van der Waals surface area contributed by atoms with Crippen LogP contribution in [0.1, 0.15) is 15.9 Å². The van der Waals surface area contributed by atoms with Gasteiger partial charge in [0, 0.05) is 23.3 Å². The van der Waals surface area contributed by atoms with Crippen LogP contribution in [0.25, 0.3) is 5.52 Å². The second kappa shape index (κ2) is 5.65. The summed E-state index contributed by atoms with van der Waals surface area (Å²) in [6.45, 7) is 0. The van der Waals surface area contributed by atoms with Crippen molar-refractivity contribution in [1.29, 1.82) is 0 Å². The van der Waals surface area contributed by atoms with Gasteiger partial charge in [-0.1, -0.05) is 15.9 Å². The van der Waals surface area contributed by atoms with Crippen molar-refractivity contribution in [3.05, 3.63) is 58.6 Å². The highest BCUT2D eigenvalue weighted by atomic mass is 79.9. The molecule has 0 fully saturated rings. The van der Waals surface area contributed by atoms with Crippen molar-refractivity contribution in [2.75, 3.05) is 7.11 Å². The predicted molar refractivity (Wildman–Crippen MR) is 81.7 cm³/mol. The van der Waals surface area contributed by atoms with Gasteiger partial charge in [0.15, 0.2) is 5.78 Å². The van der Waals surface area contributed by atoms with E-state index in [-0.39, 0.29) is 12.2 Å². The molecule has 0 aliphatic carbocycles. The van der Waals surface area contributed by atoms with E-state index in [1.54, 1.807) is 36.4 Å². The van der Waals surface area contributed by atoms with Gasteiger partial charge in [-0.3, -0.25) is 9.78 Å². The Morgan fingerprint density at radius 1 is 1.38 bits per heavy atom. The van der Waals surface area contributed by atoms with Crippen LogP contribution in [-0.2, 0) is 6.42 Å². The van der Waals surface area contributed by atoms with Gasteiger partial charge < -0.3 is 4.74 Å². The van der Waals surface area contributed by atoms with Gasteiger partial charge in [-0.25, -0.2) is 4.52 Å². The first-order valence-electron chi connectivity index (χ1n) is 6.32. The van der Waals surface area contributed by atoms with Crippen LogP contribution in [0.3, 0.4) is 0 Å². The lowest BCUT2D eigenvalue weighted by Crippen LogP contribution is -2.04. The van der Waals surface area contributed by atoms with Crippen LogP contribution in [0, 0.1) is 0 Å². The molecule has 1 aromatic carbocycles. The fourth-order valence-electron chi connectivity index (χ4n) is 2.13. The molecule has 106 valence electrons. The number of ketones is 1. The lowest BCUT2D eigenvalue weighted by molar-refractivity contribution is 0.0994. The van der Waals surface area contributed by atoms with Crippen LogP contribution in [-0.4, -0.2) is 27.5 Å². The molecular weight excluding hydrogens is 334 g/mol. The summed E-state index contributed by atoms with van der Waals surface area (Å²) in [7, 11) is 1.60. The number of nitrogens with zero attached hydrogens (tertiary/aromatic N) is 3. The van der Waals surface area contributed by atoms with Gasteiger partial charge in [-0.2, -0.15) is 5.10 Å². The molecule has 0 unspecified atom stereocenters. The Hall–Kier alpha value is -2.21. The number of rotatable bonds is 4. The van der Waals surface area contributed by atoms with E-state index in [0.29, 0.717) is 11.1 Å². The molecule has 6 heteroatoms. The Morgan fingerprint density at radius 2 is 2.24 bits per heavy atom. The fraction of sp³-hybridized carbons (Fsp3) is 0.133. The number of methoxy groups -OCH3 is 1. The van der Waals surface area contributed by atoms with E-state index in [1.165, 1.54) is 0 Å². The number of hydrogen-bond acceptors (Lipinski definition) is 4. The van der Waals surface area contributed by atoms with Gasteiger partial charge in [0.1, 0.15) is 5.75 Å². The van der Waals surface area contributed by atoms with E-state index >= 15 is 0 Å². The molecule has 0 bridgehead atoms. The normalized spacial score (nSPS) is 10.8. The summed E-state index contributed by atoms with van der Waals surface area (Å²) in [5.74, 6) is 0.717. The number of benzene rings is 1. The molecule has 21 heavy (non-hydrogen) atoms. The maximum Gasteiger partial charge on any atom is 0.171 e. The molecule has 0 amide bonds. The molecule has 0 N–H and O–H groups in total. The minimum absolute atomic E-state index is 0.00745. The molecule has 5 nitrogen and oxygen atoms in total. The standard InChI is InChI=1S/C15H12BrN3O2/c1-21-11-2-3-13(16)10(6-11)7-15(20)12-8-18-19-5-4-17-9-14(12)19/h2-6,8-9H,7H2,1H3. The predicted octanol–water partition coefficient (Wildman–Crippen LogP) is 2.93. The van der Waals surface area contributed by atoms with Crippen molar-refractivity contribution in [1.82, 2.24) is 14.6 Å². The van der Waals surface area contributed by atoms with Crippen molar-refractivity contribution in [3.63, 3.8) is 0 Å². The van der Waals surface area contributed by atoms with Crippen molar-refractivity contribution in [3.8, 4) is 5.75 Å². The van der Waals surface area contributed by atoms with Crippen LogP contribution < -0.4 is 4.74 Å². The summed E-state index contributed by atoms with van der Waals surface area (Å²) in [5.41, 5.74) is 2.15. The quantitative estimate of drug-likeness (QED) is 0.682. The molecule has 2 aromatic heterocycles. The Kier molecular flexibility index (Phi) is 3.70. The molecule has 0 atom stereocenters. The highest BCUT2D eigenvalue weighted by Gasteiger charge is 2.15. The minimum atomic E-state index is -0.00745. The van der Waals surface area contributed by atoms with Crippen molar-refractivity contribution < 1.29 is 9.53 Å². The van der Waals surface area contributed by atoms with E-state index in [4.69, 9.17) is 4.74 Å². The van der Waals surface area contributed by atoms with Crippen LogP contribution in [0.15, 0.2) is 47.5 Å². The Balaban J connectivity index is 1.93. The highest BCUT2D eigenvalue weighted by molar-refractivity contribution is 9.10. The molecule has 3 aromatic rings. The lowest BCUT2D eigenvalue weighted by atomic mass is 10.0. The van der Waals surface area contributed by atoms with Crippen LogP contribution in [0.2, 0.25) is 0 Å². The zero-order valence-electron chi connectivity index (χ0n) is 11.3. The van der Waals surface area contributed by atoms with Gasteiger partial charge >= 0.3 is 0 Å². The number of hydrogen-bond donors (Lipinski definition) is 0. The van der Waals surface area contributed by atoms with Crippen LogP contribution >= 0.6 is 15.9 Å². The maximum absolute atomic E-state index is 12.5. The number of ether oxygens (including phenoxy) is 1. The van der Waals surface area contributed by atoms with Gasteiger partial charge in [0.25, 0.3) is 0 Å². The molecule has 0 saturated carbocycles. The summed E-state index contributed by atoms with van der Waals surface area (Å²) < 4.78 is 7.71. The third-order valence-electron chi connectivity index (χ3n) is 3.23. The summed E-state index contributed by atoms with van der Waals surface area (Å²) in [6, 6.07) is 5.57. The van der Waals surface area contributed by atoms with Crippen LogP contribution in [0.5, 0.6) is 5.75 Å². The summed E-state index contributed by atoms with van der Waals surface area (Å²) in [4.78, 5) is 16.5. The summed E-state index contributed by atoms with van der Waals surface area (Å²) in [5, 5.41) is 4.16. The number of Topliss-reactive ketones (excluding diaryl/α,β-unsaturated/α-hetero) is 1. The van der Waals surface area contributed by atoms with E-state index in [0.717, 1.165) is 15.8 Å². The first kappa shape index (κ1) is 13.8. The third kappa shape index (κ3) is 2.67. The van der Waals surface area contributed by atoms with Crippen molar-refractivity contribution >= 4 is 27.2 Å². The van der Waals surface area contributed by atoms with Gasteiger partial charge in [-0.05, 0) is 23.8 Å². The average Bonchev–Trinajstić information content (AvgIpc) is 2.93. The Bertz CT molecular complexity index is 814. The average molecular weight is 346 g/mol. The molecular formula is C15H12BrN3O2. The number of aromatic nitrogens is 3. The van der Waals surface area contributed by atoms with Crippen molar-refractivity contribution in [2.45, 2.75) is 6.42 Å². The van der Waals surface area contributed by atoms with E-state index in [9.17, 15) is 4.79 Å². The topological polar surface area (TPSA) is 56.5 Å². The second-order valence-corrected chi connectivity index (χ2v) is 5.38. The molecule has 0 aliphatic rings. The molecule has 0 spiro atoms. The second-order valence-electron chi connectivity index (χ2n) is 4.52. The Morgan fingerprint density at radius 3 is 3.05 bits per heavy atom. The monoisotopic (exact) mass is 345 g/mol. The van der Waals surface area contributed by atoms with Gasteiger partial charge in [0.2, 0.25) is 0 Å². The summed E-state index contributed by atoms with van der Waals surface area (Å²) in [6.07, 6.45) is 6.84. The van der Waals surface area contributed by atoms with E-state index in [1.807, 2.05) is 18.2 Å². The molecule has 0 aliphatic heterocycles. The van der Waals surface area contributed by atoms with Gasteiger partial charge in [0.05, 0.1) is 30.6 Å². The molecule has 0 radical (unpaired) electrons. The minimum Gasteiger partial charge on any atom is -0.497 e. The van der Waals surface area contributed by atoms with Crippen LogP contribution in [0.4, 0.5) is 0 Å². The van der Waals surface area contributed by atoms with Crippen molar-refractivity contribution in [2.24, 2.45) is 0 Å². The SMILES string of the molecule is COc1ccc(Br)c(CC(=O)c2cnn3ccncc23)c1. The molecule has 2 heterocycles. The fourth-order valence-corrected chi connectivity index (χ4v) is 2.52. The van der Waals surface area contributed by atoms with E-state index in [2.05, 4.69) is 26.0 Å². The number of halogens is 1. The zero-order chi connectivity index (χ0) is 14.8. The molecule has 0 saturated heterocycles. The van der Waals surface area contributed by atoms with E-state index < -0.39 is 0 Å². The maximum atomic E-state index is 12.5. The summed E-state index contributed by atoms with van der Waals surface area (Å²) >= 11 is 3.46. The number of fused-ring (bicyclic) bond motifs is 1. The smallest absolute Gasteiger partial charge is 0.171 e. The number of carbonyl (C=O) groups is 1. The Labute approximate surface area is 129 Å². The first-order valence-corrected chi connectivity index (χ1v) is 7.11. The third-order valence-corrected chi connectivity index (χ3v) is 4.00.